The zero-order valence-corrected chi connectivity index (χ0v) is 16.6. The lowest BCUT2D eigenvalue weighted by molar-refractivity contribution is 0.0924. The van der Waals surface area contributed by atoms with Crippen molar-refractivity contribution in [2.24, 2.45) is 0 Å². The van der Waals surface area contributed by atoms with E-state index in [2.05, 4.69) is 49.4 Å². The first kappa shape index (κ1) is 18.3. The molecule has 2 aromatic heterocycles. The number of fused-ring (bicyclic) bond motifs is 1. The molecule has 5 rings (SSSR count). The van der Waals surface area contributed by atoms with Gasteiger partial charge in [-0.15, -0.1) is 0 Å². The third-order valence-electron chi connectivity index (χ3n) is 6.42. The predicted molar refractivity (Wildman–Crippen MR) is 113 cm³/mol. The molecule has 3 aromatic rings. The Morgan fingerprint density at radius 3 is 2.76 bits per heavy atom. The molecule has 2 aliphatic rings. The van der Waals surface area contributed by atoms with Gasteiger partial charge >= 0.3 is 0 Å². The average molecular weight is 390 g/mol. The highest BCUT2D eigenvalue weighted by atomic mass is 16.1. The first-order valence-electron chi connectivity index (χ1n) is 10.7. The number of benzene rings is 1. The molecule has 3 heterocycles. The van der Waals surface area contributed by atoms with Crippen molar-refractivity contribution in [2.45, 2.75) is 50.1 Å². The summed E-state index contributed by atoms with van der Waals surface area (Å²) < 4.78 is 2.18. The quantitative estimate of drug-likeness (QED) is 0.717. The van der Waals surface area contributed by atoms with Crippen LogP contribution in [-0.2, 0) is 0 Å². The molecule has 29 heavy (non-hydrogen) atoms. The fourth-order valence-electron chi connectivity index (χ4n) is 4.85. The highest BCUT2D eigenvalue weighted by molar-refractivity contribution is 5.96. The Bertz CT molecular complexity index is 993. The van der Waals surface area contributed by atoms with Gasteiger partial charge in [-0.2, -0.15) is 0 Å². The fourth-order valence-corrected chi connectivity index (χ4v) is 4.85. The molecule has 6 heteroatoms. The molecule has 2 N–H and O–H groups in total. The van der Waals surface area contributed by atoms with Crippen LogP contribution in [0.25, 0.3) is 11.2 Å². The molecule has 0 bridgehead atoms. The third kappa shape index (κ3) is 3.65. The molecule has 0 spiro atoms. The Hall–Kier alpha value is -2.73. The van der Waals surface area contributed by atoms with E-state index in [1.54, 1.807) is 6.20 Å². The lowest BCUT2D eigenvalue weighted by Crippen LogP contribution is -2.50. The molecule has 0 radical (unpaired) electrons. The van der Waals surface area contributed by atoms with Crippen LogP contribution in [0.1, 0.15) is 60.0 Å². The normalized spacial score (nSPS) is 22.8. The second-order valence-corrected chi connectivity index (χ2v) is 8.25. The summed E-state index contributed by atoms with van der Waals surface area (Å²) in [4.78, 5) is 22.1. The van der Waals surface area contributed by atoms with Crippen LogP contribution in [0.3, 0.4) is 0 Å². The molecule has 6 nitrogen and oxygen atoms in total. The van der Waals surface area contributed by atoms with E-state index < -0.39 is 0 Å². The zero-order valence-electron chi connectivity index (χ0n) is 16.6. The van der Waals surface area contributed by atoms with E-state index in [1.165, 1.54) is 31.2 Å². The fraction of sp³-hybridized carbons (Fsp3) is 0.435. The SMILES string of the molecule is O=C(N[C@H]1CNCC[C@H]1c1ccccc1)c1cnc2c(c1)ncn2C1CCCC1. The zero-order chi connectivity index (χ0) is 19.6. The van der Waals surface area contributed by atoms with Gasteiger partial charge in [0.1, 0.15) is 5.52 Å². The molecule has 2 fully saturated rings. The minimum Gasteiger partial charge on any atom is -0.347 e. The molecular weight excluding hydrogens is 362 g/mol. The maximum Gasteiger partial charge on any atom is 0.253 e. The van der Waals surface area contributed by atoms with Crippen LogP contribution in [0.2, 0.25) is 0 Å². The number of carbonyl (C=O) groups excluding carboxylic acids is 1. The number of nitrogens with zero attached hydrogens (tertiary/aromatic N) is 3. The second kappa shape index (κ2) is 7.95. The first-order chi connectivity index (χ1) is 14.3. The summed E-state index contributed by atoms with van der Waals surface area (Å²) in [5.41, 5.74) is 3.54. The topological polar surface area (TPSA) is 71.8 Å². The van der Waals surface area contributed by atoms with Gasteiger partial charge in [0.2, 0.25) is 0 Å². The molecule has 1 aliphatic carbocycles. The number of amides is 1. The van der Waals surface area contributed by atoms with Crippen molar-refractivity contribution in [3.8, 4) is 0 Å². The number of rotatable bonds is 4. The van der Waals surface area contributed by atoms with E-state index in [1.807, 2.05) is 18.5 Å². The lowest BCUT2D eigenvalue weighted by atomic mass is 9.86. The van der Waals surface area contributed by atoms with Crippen molar-refractivity contribution in [3.05, 3.63) is 60.0 Å². The van der Waals surface area contributed by atoms with Crippen LogP contribution in [0.5, 0.6) is 0 Å². The number of aromatic nitrogens is 3. The summed E-state index contributed by atoms with van der Waals surface area (Å²) in [7, 11) is 0. The number of pyridine rings is 1. The van der Waals surface area contributed by atoms with Gasteiger partial charge in [0.25, 0.3) is 5.91 Å². The highest BCUT2D eigenvalue weighted by Crippen LogP contribution is 2.31. The Labute approximate surface area is 170 Å². The van der Waals surface area contributed by atoms with E-state index in [0.717, 1.165) is 30.7 Å². The maximum absolute atomic E-state index is 13.0. The molecule has 1 aromatic carbocycles. The number of hydrogen-bond acceptors (Lipinski definition) is 4. The number of imidazole rings is 1. The maximum atomic E-state index is 13.0. The van der Waals surface area contributed by atoms with Crippen molar-refractivity contribution in [3.63, 3.8) is 0 Å². The Morgan fingerprint density at radius 2 is 1.93 bits per heavy atom. The molecule has 1 amide bonds. The Morgan fingerprint density at radius 1 is 1.10 bits per heavy atom. The van der Waals surface area contributed by atoms with Crippen molar-refractivity contribution >= 4 is 17.1 Å². The Kier molecular flexibility index (Phi) is 5.02. The van der Waals surface area contributed by atoms with Crippen molar-refractivity contribution < 1.29 is 4.79 Å². The standard InChI is InChI=1S/C23H27N5O/c29-23(27-21-14-24-11-10-19(21)16-6-2-1-3-7-16)17-12-20-22(25-13-17)28(15-26-20)18-8-4-5-9-18/h1-3,6-7,12-13,15,18-19,21,24H,4-5,8-11,14H2,(H,27,29)/t19-,21-/m0/s1. The van der Waals surface area contributed by atoms with Crippen molar-refractivity contribution in [2.75, 3.05) is 13.1 Å². The number of nitrogens with one attached hydrogen (secondary N) is 2. The molecule has 0 unspecified atom stereocenters. The van der Waals surface area contributed by atoms with Gasteiger partial charge in [0, 0.05) is 30.7 Å². The monoisotopic (exact) mass is 389 g/mol. The molecular formula is C23H27N5O. The average Bonchev–Trinajstić information content (AvgIpc) is 3.44. The Balaban J connectivity index is 1.35. The largest absolute Gasteiger partial charge is 0.347 e. The third-order valence-corrected chi connectivity index (χ3v) is 6.42. The minimum absolute atomic E-state index is 0.0605. The molecule has 150 valence electrons. The van der Waals surface area contributed by atoms with Gasteiger partial charge in [-0.1, -0.05) is 43.2 Å². The van der Waals surface area contributed by atoms with E-state index in [-0.39, 0.29) is 11.9 Å². The summed E-state index contributed by atoms with van der Waals surface area (Å²) in [5.74, 6) is 0.240. The van der Waals surface area contributed by atoms with Gasteiger partial charge in [-0.3, -0.25) is 4.79 Å². The summed E-state index contributed by atoms with van der Waals surface area (Å²) in [6.07, 6.45) is 9.49. The summed E-state index contributed by atoms with van der Waals surface area (Å²) in [6.45, 7) is 1.75. The van der Waals surface area contributed by atoms with E-state index >= 15 is 0 Å². The van der Waals surface area contributed by atoms with Crippen LogP contribution in [-0.4, -0.2) is 39.6 Å². The molecule has 2 atom stereocenters. The minimum atomic E-state index is -0.0792. The number of hydrogen-bond donors (Lipinski definition) is 2. The van der Waals surface area contributed by atoms with Crippen LogP contribution < -0.4 is 10.6 Å². The van der Waals surface area contributed by atoms with Crippen LogP contribution in [0.4, 0.5) is 0 Å². The van der Waals surface area contributed by atoms with Gasteiger partial charge in [-0.05, 0) is 37.4 Å². The lowest BCUT2D eigenvalue weighted by Gasteiger charge is -2.33. The second-order valence-electron chi connectivity index (χ2n) is 8.25. The van der Waals surface area contributed by atoms with Crippen LogP contribution in [0.15, 0.2) is 48.9 Å². The molecule has 1 saturated carbocycles. The van der Waals surface area contributed by atoms with Crippen LogP contribution in [0, 0.1) is 0 Å². The van der Waals surface area contributed by atoms with E-state index in [4.69, 9.17) is 0 Å². The van der Waals surface area contributed by atoms with Crippen LogP contribution >= 0.6 is 0 Å². The van der Waals surface area contributed by atoms with Crippen molar-refractivity contribution in [1.29, 1.82) is 0 Å². The highest BCUT2D eigenvalue weighted by Gasteiger charge is 2.28. The first-order valence-corrected chi connectivity index (χ1v) is 10.7. The summed E-state index contributed by atoms with van der Waals surface area (Å²) in [6, 6.07) is 12.9. The number of piperidine rings is 1. The van der Waals surface area contributed by atoms with Gasteiger partial charge in [0.15, 0.2) is 5.65 Å². The van der Waals surface area contributed by atoms with Gasteiger partial charge in [0.05, 0.1) is 11.9 Å². The predicted octanol–water partition coefficient (Wildman–Crippen LogP) is 3.42. The molecule has 1 saturated heterocycles. The summed E-state index contributed by atoms with van der Waals surface area (Å²) >= 11 is 0. The van der Waals surface area contributed by atoms with E-state index in [0.29, 0.717) is 17.5 Å². The summed E-state index contributed by atoms with van der Waals surface area (Å²) in [5, 5.41) is 6.64. The smallest absolute Gasteiger partial charge is 0.253 e. The van der Waals surface area contributed by atoms with Crippen molar-refractivity contribution in [1.82, 2.24) is 25.2 Å². The molecule has 1 aliphatic heterocycles. The van der Waals surface area contributed by atoms with E-state index in [9.17, 15) is 4.79 Å². The van der Waals surface area contributed by atoms with Gasteiger partial charge in [-0.25, -0.2) is 9.97 Å². The number of carbonyl (C=O) groups is 1. The van der Waals surface area contributed by atoms with Gasteiger partial charge < -0.3 is 15.2 Å².